The van der Waals surface area contributed by atoms with E-state index in [0.29, 0.717) is 11.8 Å². The van der Waals surface area contributed by atoms with Gasteiger partial charge in [0.05, 0.1) is 21.2 Å². The predicted molar refractivity (Wildman–Crippen MR) is 55.8 cm³/mol. The number of hydrogen-bond acceptors (Lipinski definition) is 4. The number of hydrogen-bond donors (Lipinski definition) is 1. The van der Waals surface area contributed by atoms with Gasteiger partial charge < -0.3 is 10.1 Å². The number of aromatic nitrogens is 4. The number of imidazole rings is 1. The lowest BCUT2D eigenvalue weighted by Crippen LogP contribution is -2.26. The topological polar surface area (TPSA) is 55.9 Å². The smallest absolute Gasteiger partial charge is 0.311 e. The van der Waals surface area contributed by atoms with Gasteiger partial charge in [-0.25, -0.2) is 4.57 Å². The van der Waals surface area contributed by atoms with Crippen LogP contribution in [0.15, 0.2) is 6.33 Å². The fourth-order valence-corrected chi connectivity index (χ4v) is 1.60. The first-order valence-corrected chi connectivity index (χ1v) is 4.61. The molecular weight excluding hydrogens is 194 g/mol. The molecule has 0 aliphatic carbocycles. The van der Waals surface area contributed by atoms with E-state index in [1.165, 1.54) is 0 Å². The van der Waals surface area contributed by atoms with Gasteiger partial charge in [-0.15, -0.1) is 0 Å². The number of ether oxygens (including phenoxy) is 1. The molecule has 0 aliphatic rings. The Labute approximate surface area is 87.5 Å². The summed E-state index contributed by atoms with van der Waals surface area (Å²) in [6.07, 6.45) is 1.93. The molecule has 0 saturated carbocycles. The van der Waals surface area contributed by atoms with Crippen molar-refractivity contribution in [2.24, 2.45) is 14.1 Å². The zero-order chi connectivity index (χ0) is 11.0. The quantitative estimate of drug-likeness (QED) is 0.697. The Hall–Kier alpha value is -1.85. The molecule has 0 atom stereocenters. The molecule has 0 amide bonds. The van der Waals surface area contributed by atoms with E-state index in [1.807, 2.05) is 29.6 Å². The van der Waals surface area contributed by atoms with Crippen LogP contribution >= 0.6 is 0 Å². The number of anilines is 1. The van der Waals surface area contributed by atoms with Crippen LogP contribution in [0, 0.1) is 0 Å². The highest BCUT2D eigenvalue weighted by Gasteiger charge is 2.20. The van der Waals surface area contributed by atoms with E-state index in [2.05, 4.69) is 15.3 Å². The van der Waals surface area contributed by atoms with Gasteiger partial charge in [-0.05, 0) is 0 Å². The molecule has 0 bridgehead atoms. The Balaban J connectivity index is 2.83. The number of fused-ring (bicyclic) bond motifs is 1. The molecule has 0 saturated heterocycles. The van der Waals surface area contributed by atoms with Gasteiger partial charge in [-0.1, -0.05) is 4.98 Å². The lowest BCUT2D eigenvalue weighted by molar-refractivity contribution is -0.647. The van der Waals surface area contributed by atoms with Gasteiger partial charge in [0, 0.05) is 7.05 Å². The summed E-state index contributed by atoms with van der Waals surface area (Å²) in [5, 5.41) is 2.91. The highest BCUT2D eigenvalue weighted by atomic mass is 16.5. The van der Waals surface area contributed by atoms with Gasteiger partial charge in [-0.3, -0.25) is 4.57 Å². The molecule has 0 radical (unpaired) electrons. The lowest BCUT2D eigenvalue weighted by Gasteiger charge is -2.00. The Kier molecular flexibility index (Phi) is 2.18. The molecule has 2 heterocycles. The van der Waals surface area contributed by atoms with Crippen molar-refractivity contribution in [2.75, 3.05) is 19.5 Å². The maximum absolute atomic E-state index is 5.24. The van der Waals surface area contributed by atoms with E-state index in [4.69, 9.17) is 4.74 Å². The summed E-state index contributed by atoms with van der Waals surface area (Å²) in [7, 11) is 7.26. The van der Waals surface area contributed by atoms with Gasteiger partial charge >= 0.3 is 11.6 Å². The lowest BCUT2D eigenvalue weighted by atomic mass is 10.5. The van der Waals surface area contributed by atoms with Crippen molar-refractivity contribution in [1.82, 2.24) is 14.5 Å². The Morgan fingerprint density at radius 1 is 1.47 bits per heavy atom. The first-order valence-electron chi connectivity index (χ1n) is 4.61. The summed E-state index contributed by atoms with van der Waals surface area (Å²) < 4.78 is 9.11. The molecular formula is C9H14N5O+. The Morgan fingerprint density at radius 2 is 2.20 bits per heavy atom. The fraction of sp³-hybridized carbons (Fsp3) is 0.444. The third kappa shape index (κ3) is 1.38. The van der Waals surface area contributed by atoms with Crippen LogP contribution in [-0.4, -0.2) is 28.7 Å². The normalized spacial score (nSPS) is 10.7. The van der Waals surface area contributed by atoms with Crippen LogP contribution in [0.4, 0.5) is 5.95 Å². The third-order valence-electron chi connectivity index (χ3n) is 2.28. The van der Waals surface area contributed by atoms with E-state index in [0.717, 1.165) is 11.2 Å². The first kappa shape index (κ1) is 9.70. The van der Waals surface area contributed by atoms with Gasteiger partial charge in [0.15, 0.2) is 6.33 Å². The number of nitrogens with one attached hydrogen (secondary N) is 1. The monoisotopic (exact) mass is 208 g/mol. The number of aryl methyl sites for hydroxylation is 2. The molecule has 80 valence electrons. The van der Waals surface area contributed by atoms with Crippen LogP contribution in [0.2, 0.25) is 0 Å². The van der Waals surface area contributed by atoms with E-state index >= 15 is 0 Å². The summed E-state index contributed by atoms with van der Waals surface area (Å²) in [5.74, 6) is 1.13. The molecule has 0 unspecified atom stereocenters. The predicted octanol–water partition coefficient (Wildman–Crippen LogP) is -0.157. The molecule has 2 aromatic rings. The maximum atomic E-state index is 5.24. The molecule has 15 heavy (non-hydrogen) atoms. The van der Waals surface area contributed by atoms with Crippen LogP contribution in [-0.2, 0) is 14.1 Å². The average Bonchev–Trinajstić information content (AvgIpc) is 2.53. The van der Waals surface area contributed by atoms with Crippen molar-refractivity contribution in [3.8, 4) is 5.88 Å². The number of methoxy groups -OCH3 is 1. The van der Waals surface area contributed by atoms with Crippen LogP contribution in [0.3, 0.4) is 0 Å². The second-order valence-corrected chi connectivity index (χ2v) is 3.32. The average molecular weight is 208 g/mol. The molecule has 0 spiro atoms. The second-order valence-electron chi connectivity index (χ2n) is 3.32. The van der Waals surface area contributed by atoms with Crippen molar-refractivity contribution in [3.05, 3.63) is 6.33 Å². The molecule has 6 heteroatoms. The Bertz CT molecular complexity index is 505. The summed E-state index contributed by atoms with van der Waals surface area (Å²) in [5.41, 5.74) is 1.73. The van der Waals surface area contributed by atoms with E-state index in [1.54, 1.807) is 14.2 Å². The molecule has 6 nitrogen and oxygen atoms in total. The van der Waals surface area contributed by atoms with Crippen molar-refractivity contribution in [2.45, 2.75) is 0 Å². The van der Waals surface area contributed by atoms with Crippen molar-refractivity contribution >= 4 is 17.1 Å². The van der Waals surface area contributed by atoms with E-state index in [9.17, 15) is 0 Å². The van der Waals surface area contributed by atoms with Gasteiger partial charge in [-0.2, -0.15) is 4.98 Å². The molecule has 2 aromatic heterocycles. The standard InChI is InChI=1S/C9H14N5O/c1-10-9-11-7-6(8(12-9)15-4)13(2)5-14(7)3/h5H,1-4H3,(H,10,11,12)/q+1. The van der Waals surface area contributed by atoms with Gasteiger partial charge in [0.2, 0.25) is 5.52 Å². The van der Waals surface area contributed by atoms with Crippen LogP contribution in [0.25, 0.3) is 11.2 Å². The first-order chi connectivity index (χ1) is 7.17. The van der Waals surface area contributed by atoms with Gasteiger partial charge in [0.1, 0.15) is 0 Å². The molecule has 1 N–H and O–H groups in total. The molecule has 2 rings (SSSR count). The minimum atomic E-state index is 0.557. The molecule has 0 fully saturated rings. The zero-order valence-electron chi connectivity index (χ0n) is 9.27. The number of nitrogens with zero attached hydrogens (tertiary/aromatic N) is 4. The van der Waals surface area contributed by atoms with Crippen molar-refractivity contribution in [3.63, 3.8) is 0 Å². The molecule has 0 aliphatic heterocycles. The largest absolute Gasteiger partial charge is 0.478 e. The van der Waals surface area contributed by atoms with E-state index in [-0.39, 0.29) is 0 Å². The summed E-state index contributed by atoms with van der Waals surface area (Å²) in [4.78, 5) is 8.60. The van der Waals surface area contributed by atoms with E-state index < -0.39 is 0 Å². The third-order valence-corrected chi connectivity index (χ3v) is 2.28. The Morgan fingerprint density at radius 3 is 2.80 bits per heavy atom. The number of rotatable bonds is 2. The summed E-state index contributed by atoms with van der Waals surface area (Å²) >= 11 is 0. The van der Waals surface area contributed by atoms with Crippen LogP contribution in [0.1, 0.15) is 0 Å². The highest BCUT2D eigenvalue weighted by Crippen LogP contribution is 2.20. The van der Waals surface area contributed by atoms with Gasteiger partial charge in [0.25, 0.3) is 5.88 Å². The SMILES string of the molecule is CNc1nc(OC)c2c(n1)[n+](C)cn2C. The minimum Gasteiger partial charge on any atom is -0.478 e. The second kappa shape index (κ2) is 3.38. The fourth-order valence-electron chi connectivity index (χ4n) is 1.60. The summed E-state index contributed by atoms with van der Waals surface area (Å²) in [6.45, 7) is 0. The summed E-state index contributed by atoms with van der Waals surface area (Å²) in [6, 6.07) is 0. The minimum absolute atomic E-state index is 0.557. The van der Waals surface area contributed by atoms with Crippen molar-refractivity contribution < 1.29 is 9.30 Å². The highest BCUT2D eigenvalue weighted by molar-refractivity contribution is 5.75. The van der Waals surface area contributed by atoms with Crippen LogP contribution in [0.5, 0.6) is 5.88 Å². The van der Waals surface area contributed by atoms with Crippen molar-refractivity contribution in [1.29, 1.82) is 0 Å². The zero-order valence-corrected chi connectivity index (χ0v) is 9.27. The molecule has 0 aromatic carbocycles. The van der Waals surface area contributed by atoms with Crippen LogP contribution < -0.4 is 14.6 Å². The maximum Gasteiger partial charge on any atom is 0.311 e.